The smallest absolute Gasteiger partial charge is 0.161 e. The van der Waals surface area contributed by atoms with Crippen LogP contribution >= 0.6 is 0 Å². The van der Waals surface area contributed by atoms with Crippen molar-refractivity contribution in [2.75, 3.05) is 164 Å². The van der Waals surface area contributed by atoms with Gasteiger partial charge in [0.1, 0.15) is 0 Å². The quantitative estimate of drug-likeness (QED) is 0.0329. The molecule has 6 fully saturated rings. The van der Waals surface area contributed by atoms with Crippen LogP contribution in [0.15, 0.2) is 72.8 Å². The number of aliphatic hydroxyl groups excluding tert-OH is 3. The molecular weight excluding hydrogens is 1740 g/mol. The van der Waals surface area contributed by atoms with E-state index in [-0.39, 0.29) is 87.0 Å². The predicted molar refractivity (Wildman–Crippen MR) is 547 cm³/mol. The minimum atomic E-state index is -2.90. The minimum absolute atomic E-state index is 0.00967. The summed E-state index contributed by atoms with van der Waals surface area (Å²) in [5.74, 6) is -0.264. The Kier molecular flexibility index (Phi) is 29.1. The van der Waals surface area contributed by atoms with Crippen LogP contribution in [-0.4, -0.2) is 260 Å². The van der Waals surface area contributed by atoms with Crippen molar-refractivity contribution in [1.82, 2.24) is 29.4 Å². The van der Waals surface area contributed by atoms with Gasteiger partial charge in [0.2, 0.25) is 0 Å². The fourth-order valence-corrected chi connectivity index (χ4v) is 23.5. The van der Waals surface area contributed by atoms with E-state index in [9.17, 15) is 30.6 Å². The monoisotopic (exact) mass is 1940 g/mol. The van der Waals surface area contributed by atoms with Gasteiger partial charge in [-0.1, -0.05) is 82.9 Å². The lowest BCUT2D eigenvalue weighted by atomic mass is 9.79. The molecule has 18 rings (SSSR count). The second-order valence-corrected chi connectivity index (χ2v) is 40.6. The largest absolute Gasteiger partial charge is 0.493 e. The first-order valence-electron chi connectivity index (χ1n) is 60.2. The second kappa shape index (κ2) is 49.1. The molecule has 6 aromatic carbocycles. The average molecular weight is 1940 g/mol. The summed E-state index contributed by atoms with van der Waals surface area (Å²) in [6, 6.07) is 23.7. The number of benzene rings is 6. The van der Waals surface area contributed by atoms with E-state index in [0.29, 0.717) is 103 Å². The molecule has 0 radical (unpaired) electrons. The van der Waals surface area contributed by atoms with Gasteiger partial charge in [-0.3, -0.25) is 29.4 Å². The molecule has 0 amide bonds. The highest BCUT2D eigenvalue weighted by molar-refractivity contribution is 5.55. The van der Waals surface area contributed by atoms with E-state index in [1.165, 1.54) is 40.5 Å². The van der Waals surface area contributed by atoms with Crippen molar-refractivity contribution in [3.63, 3.8) is 0 Å². The zero-order valence-corrected chi connectivity index (χ0v) is 85.7. The zero-order valence-electron chi connectivity index (χ0n) is 107. The van der Waals surface area contributed by atoms with Gasteiger partial charge >= 0.3 is 0 Å². The molecule has 3 unspecified atom stereocenters. The van der Waals surface area contributed by atoms with Crippen molar-refractivity contribution in [3.8, 4) is 69.0 Å². The SMILES string of the molecule is COc1cc2c(cc1OC)[C@@H]1C[C@@H](O)[C@@H](CC(C)C)CN1CC2.[2H]C([2H])([2H])C([2H])(C)C([2H])([2H])[C@H]1CN2CCc3cc(OC)c(OC)cc3[C@@H]2C[C@@]1([2H])O.[2H]C([2H])([2H])C([2H])(C)C([2H])([2H])[C@H]1CN2CCc3cc(OC)c(OC)cc3[C@@H]2C[C@H]1O.[2H]C([2H])([2H])C([2H])(C)C([2H])([2H])[C@H]1CN2CCc3cc(OC)c(OC)cc3[C@@H]2C[C@H]1O.[2H][C@@]1(O)C[C@H]2c3cc(OC)c(OC)cc3CCN2C[C@@H]1CC(C)C.[2H][C@@]1(O)C[C@H]2c3cc(OC)c(OC)cc3CCN2C[C@@H]1CC(C)C. The highest BCUT2D eigenvalue weighted by Gasteiger charge is 2.47. The molecule has 6 aromatic rings. The van der Waals surface area contributed by atoms with Gasteiger partial charge < -0.3 is 87.5 Å². The van der Waals surface area contributed by atoms with Crippen LogP contribution in [0.5, 0.6) is 69.0 Å². The predicted octanol–water partition coefficient (Wildman–Crippen LogP) is 18.2. The molecule has 6 saturated heterocycles. The van der Waals surface area contributed by atoms with Gasteiger partial charge in [0, 0.05) is 139 Å². The summed E-state index contributed by atoms with van der Waals surface area (Å²) in [6.45, 7) is 15.7. The second-order valence-electron chi connectivity index (χ2n) is 40.6. The van der Waals surface area contributed by atoms with E-state index in [0.717, 1.165) is 186 Å². The Balaban J connectivity index is 0.000000158. The lowest BCUT2D eigenvalue weighted by molar-refractivity contribution is -0.0192. The molecule has 0 aliphatic carbocycles. The van der Waals surface area contributed by atoms with Gasteiger partial charge in [-0.25, -0.2) is 0 Å². The number of hydrogen-bond donors (Lipinski definition) is 6. The molecule has 768 valence electrons. The van der Waals surface area contributed by atoms with Crippen LogP contribution in [0.3, 0.4) is 0 Å². The molecule has 21 atom stereocenters. The number of nitrogens with zero attached hydrogens (tertiary/aromatic N) is 6. The number of ether oxygens (including phenoxy) is 12. The van der Waals surface area contributed by atoms with Gasteiger partial charge in [-0.2, -0.15) is 0 Å². The molecule has 0 saturated carbocycles. The summed E-state index contributed by atoms with van der Waals surface area (Å²) in [5.41, 5.74) is 13.6. The van der Waals surface area contributed by atoms with Crippen LogP contribution in [-0.2, 0) is 38.5 Å². The van der Waals surface area contributed by atoms with E-state index in [4.69, 9.17) is 85.6 Å². The third kappa shape index (κ3) is 25.4. The normalized spacial score (nSPS) is 33.2. The summed E-state index contributed by atoms with van der Waals surface area (Å²) in [7, 11) is 19.3. The van der Waals surface area contributed by atoms with Gasteiger partial charge in [0.15, 0.2) is 69.0 Å². The Bertz CT molecular complexity index is 5690. The van der Waals surface area contributed by atoms with E-state index in [1.807, 2.05) is 53.4 Å². The van der Waals surface area contributed by atoms with Crippen LogP contribution in [0, 0.1) is 70.9 Å². The Morgan fingerprint density at radius 2 is 0.442 bits per heavy atom. The van der Waals surface area contributed by atoms with E-state index >= 15 is 0 Å². The Morgan fingerprint density at radius 1 is 0.268 bits per heavy atom. The highest BCUT2D eigenvalue weighted by Crippen LogP contribution is 2.52. The highest BCUT2D eigenvalue weighted by atomic mass is 16.5. The average Bonchev–Trinajstić information content (AvgIpc) is 0.702. The van der Waals surface area contributed by atoms with Crippen molar-refractivity contribution in [2.24, 2.45) is 70.9 Å². The third-order valence-electron chi connectivity index (χ3n) is 30.2. The van der Waals surface area contributed by atoms with Crippen LogP contribution < -0.4 is 56.8 Å². The maximum absolute atomic E-state index is 11.0. The van der Waals surface area contributed by atoms with Crippen LogP contribution in [0.2, 0.25) is 0 Å². The minimum Gasteiger partial charge on any atom is -0.493 e. The first-order chi connectivity index (χ1) is 74.1. The zero-order chi connectivity index (χ0) is 118. The van der Waals surface area contributed by atoms with E-state index in [1.54, 1.807) is 78.2 Å². The van der Waals surface area contributed by atoms with Crippen molar-refractivity contribution in [1.29, 1.82) is 0 Å². The summed E-state index contributed by atoms with van der Waals surface area (Å²) >= 11 is 0. The first kappa shape index (κ1) is 81.8. The third-order valence-corrected chi connectivity index (χ3v) is 30.2. The number of hydrogen-bond acceptors (Lipinski definition) is 24. The molecule has 6 N–H and O–H groups in total. The number of fused-ring (bicyclic) bond motifs is 18. The molecular formula is C114H174N6O18. The van der Waals surface area contributed by atoms with Crippen molar-refractivity contribution < 1.29 is 116 Å². The van der Waals surface area contributed by atoms with Gasteiger partial charge in [0.05, 0.1) is 126 Å². The molecule has 12 heterocycles. The molecule has 24 nitrogen and oxygen atoms in total. The summed E-state index contributed by atoms with van der Waals surface area (Å²) < 4.78 is 235. The Morgan fingerprint density at radius 3 is 0.659 bits per heavy atom. The molecule has 138 heavy (non-hydrogen) atoms. The van der Waals surface area contributed by atoms with Crippen molar-refractivity contribution >= 4 is 0 Å². The van der Waals surface area contributed by atoms with Gasteiger partial charge in [-0.15, -0.1) is 0 Å². The molecule has 0 spiro atoms. The summed E-state index contributed by atoms with van der Waals surface area (Å²) in [5, 5.41) is 64.8. The molecule has 0 aromatic heterocycles. The van der Waals surface area contributed by atoms with Crippen LogP contribution in [0.4, 0.5) is 0 Å². The molecule has 12 aliphatic heterocycles. The maximum atomic E-state index is 11.0. The number of piperidine rings is 6. The van der Waals surface area contributed by atoms with E-state index < -0.39 is 106 Å². The molecule has 0 bridgehead atoms. The maximum Gasteiger partial charge on any atom is 0.161 e. The number of aliphatic hydroxyl groups is 6. The topological polar surface area (TPSA) is 252 Å². The first-order valence-corrected chi connectivity index (χ1v) is 49.7. The Labute approximate surface area is 856 Å². The lowest BCUT2D eigenvalue weighted by Crippen LogP contribution is -2.48. The van der Waals surface area contributed by atoms with Gasteiger partial charge in [0.25, 0.3) is 0 Å². The fourth-order valence-electron chi connectivity index (χ4n) is 23.5. The molecule has 12 aliphatic rings. The Hall–Kier alpha value is -7.56. The fraction of sp³-hybridized carbons (Fsp3) is 0.684. The van der Waals surface area contributed by atoms with Crippen LogP contribution in [0.25, 0.3) is 0 Å². The van der Waals surface area contributed by atoms with E-state index in [2.05, 4.69) is 90.3 Å². The van der Waals surface area contributed by atoms with Crippen molar-refractivity contribution in [2.45, 2.75) is 271 Å². The number of methoxy groups -OCH3 is 12. The van der Waals surface area contributed by atoms with Crippen molar-refractivity contribution in [3.05, 3.63) is 140 Å². The summed E-state index contributed by atoms with van der Waals surface area (Å²) in [4.78, 5) is 13.6. The number of rotatable bonds is 24. The molecule has 24 heteroatoms. The van der Waals surface area contributed by atoms with Crippen LogP contribution in [0.1, 0.15) is 292 Å². The lowest BCUT2D eigenvalue weighted by Gasteiger charge is -2.46. The standard InChI is InChI=1S/6C19H29NO3/c6*1-12(2)7-14-11-20-6-5-13-8-18(22-3)19(23-4)9-15(13)16(20)10-17(14)21/h6*8-9,12,14,16-17,21H,5-7,10-11H2,1-4H3/t6*14-,16-,17+/m000000/s1/i1D3,7D2,12D,17D;2*1D3,7D2,12D;2*17D;/t3*12?,14-,16-,17+;2m;. The van der Waals surface area contributed by atoms with Gasteiger partial charge in [-0.05, 0) is 326 Å². The summed E-state index contributed by atoms with van der Waals surface area (Å²) in [6.07, 6.45) is -4.55.